The zero-order valence-corrected chi connectivity index (χ0v) is 14.0. The number of aromatic nitrogens is 3. The van der Waals surface area contributed by atoms with Gasteiger partial charge in [0.1, 0.15) is 17.5 Å². The van der Waals surface area contributed by atoms with Gasteiger partial charge >= 0.3 is 0 Å². The molecule has 1 N–H and O–H groups in total. The Kier molecular flexibility index (Phi) is 5.50. The molecule has 0 aliphatic heterocycles. The number of hydrogen-bond acceptors (Lipinski definition) is 6. The Morgan fingerprint density at radius 1 is 1.29 bits per heavy atom. The molecule has 2 aromatic heterocycles. The molecule has 5 nitrogen and oxygen atoms in total. The fourth-order valence-corrected chi connectivity index (χ4v) is 2.78. The first-order chi connectivity index (χ1) is 10.1. The summed E-state index contributed by atoms with van der Waals surface area (Å²) in [6, 6.07) is 2.02. The predicted molar refractivity (Wildman–Crippen MR) is 89.1 cm³/mol. The van der Waals surface area contributed by atoms with Gasteiger partial charge in [0.25, 0.3) is 0 Å². The highest BCUT2D eigenvalue weighted by atomic mass is 32.1. The lowest BCUT2D eigenvalue weighted by Crippen LogP contribution is -2.19. The van der Waals surface area contributed by atoms with Gasteiger partial charge in [-0.1, -0.05) is 13.8 Å². The zero-order valence-electron chi connectivity index (χ0n) is 13.2. The molecule has 0 bridgehead atoms. The number of hydrogen-bond donors (Lipinski definition) is 1. The number of rotatable bonds is 7. The molecule has 0 aromatic carbocycles. The third-order valence-corrected chi connectivity index (χ3v) is 4.17. The van der Waals surface area contributed by atoms with Crippen LogP contribution < -0.4 is 10.2 Å². The first-order valence-electron chi connectivity index (χ1n) is 7.36. The maximum Gasteiger partial charge on any atom is 0.134 e. The Morgan fingerprint density at radius 2 is 2.10 bits per heavy atom. The summed E-state index contributed by atoms with van der Waals surface area (Å²) in [6.45, 7) is 8.02. The summed E-state index contributed by atoms with van der Waals surface area (Å²) in [5.74, 6) is 2.74. The fourth-order valence-electron chi connectivity index (χ4n) is 1.95. The molecule has 0 saturated heterocycles. The van der Waals surface area contributed by atoms with E-state index in [9.17, 15) is 0 Å². The number of thiazole rings is 1. The van der Waals surface area contributed by atoms with Crippen molar-refractivity contribution in [2.75, 3.05) is 23.8 Å². The van der Waals surface area contributed by atoms with Crippen LogP contribution in [0.2, 0.25) is 0 Å². The molecule has 2 rings (SSSR count). The monoisotopic (exact) mass is 305 g/mol. The van der Waals surface area contributed by atoms with Gasteiger partial charge in [0.05, 0.1) is 17.7 Å². The lowest BCUT2D eigenvalue weighted by Gasteiger charge is -2.19. The van der Waals surface area contributed by atoms with Crippen LogP contribution in [0.15, 0.2) is 11.6 Å². The van der Waals surface area contributed by atoms with Crippen LogP contribution in [-0.2, 0) is 13.0 Å². The minimum atomic E-state index is 0.823. The second-order valence-corrected chi connectivity index (χ2v) is 5.96. The minimum Gasteiger partial charge on any atom is -0.370 e. The summed E-state index contributed by atoms with van der Waals surface area (Å²) < 4.78 is 0. The van der Waals surface area contributed by atoms with Gasteiger partial charge in [-0.3, -0.25) is 0 Å². The van der Waals surface area contributed by atoms with Gasteiger partial charge in [-0.05, 0) is 13.3 Å². The molecule has 0 fully saturated rings. The highest BCUT2D eigenvalue weighted by Gasteiger charge is 2.10. The van der Waals surface area contributed by atoms with Gasteiger partial charge in [-0.15, -0.1) is 11.3 Å². The summed E-state index contributed by atoms with van der Waals surface area (Å²) in [7, 11) is 2.06. The summed E-state index contributed by atoms with van der Waals surface area (Å²) in [5, 5.41) is 3.35. The van der Waals surface area contributed by atoms with E-state index in [4.69, 9.17) is 0 Å². The van der Waals surface area contributed by atoms with E-state index in [1.165, 1.54) is 4.88 Å². The van der Waals surface area contributed by atoms with E-state index in [2.05, 4.69) is 46.1 Å². The molecular formula is C15H23N5S. The van der Waals surface area contributed by atoms with Crippen molar-refractivity contribution in [1.29, 1.82) is 0 Å². The minimum absolute atomic E-state index is 0.823. The van der Waals surface area contributed by atoms with Crippen molar-refractivity contribution in [3.05, 3.63) is 28.0 Å². The molecule has 0 radical (unpaired) electrons. The Bertz CT molecular complexity index is 581. The van der Waals surface area contributed by atoms with Gasteiger partial charge in [-0.25, -0.2) is 15.0 Å². The van der Waals surface area contributed by atoms with Crippen LogP contribution in [0.1, 0.15) is 36.7 Å². The molecular weight excluding hydrogens is 282 g/mol. The van der Waals surface area contributed by atoms with Crippen LogP contribution in [0.4, 0.5) is 11.6 Å². The van der Waals surface area contributed by atoms with E-state index in [0.717, 1.165) is 49.1 Å². The summed E-state index contributed by atoms with van der Waals surface area (Å²) in [4.78, 5) is 16.9. The van der Waals surface area contributed by atoms with Gasteiger partial charge < -0.3 is 10.2 Å². The maximum atomic E-state index is 4.63. The number of aryl methyl sites for hydroxylation is 2. The van der Waals surface area contributed by atoms with E-state index < -0.39 is 0 Å². The zero-order chi connectivity index (χ0) is 15.2. The Morgan fingerprint density at radius 3 is 2.71 bits per heavy atom. The normalized spacial score (nSPS) is 10.7. The first kappa shape index (κ1) is 15.7. The molecule has 0 saturated carbocycles. The molecule has 0 aliphatic rings. The molecule has 2 aromatic rings. The van der Waals surface area contributed by atoms with Crippen LogP contribution in [-0.4, -0.2) is 28.5 Å². The Balaban J connectivity index is 2.18. The Labute approximate surface area is 130 Å². The molecule has 0 amide bonds. The Hall–Kier alpha value is -1.69. The smallest absolute Gasteiger partial charge is 0.134 e. The third kappa shape index (κ3) is 4.14. The third-order valence-electron chi connectivity index (χ3n) is 3.25. The standard InChI is InChI=1S/C15H23N5S/c1-5-7-16-14-8-15(19-13(6-2)18-14)20(4)9-12-11(3)17-10-21-12/h8,10H,5-7,9H2,1-4H3,(H,16,18,19). The summed E-state index contributed by atoms with van der Waals surface area (Å²) in [6.07, 6.45) is 1.92. The first-order valence-corrected chi connectivity index (χ1v) is 8.23. The number of nitrogens with zero attached hydrogens (tertiary/aromatic N) is 4. The topological polar surface area (TPSA) is 53.9 Å². The van der Waals surface area contributed by atoms with Crippen molar-refractivity contribution in [1.82, 2.24) is 15.0 Å². The van der Waals surface area contributed by atoms with Crippen molar-refractivity contribution in [2.24, 2.45) is 0 Å². The molecule has 0 unspecified atom stereocenters. The SMILES string of the molecule is CCCNc1cc(N(C)Cc2scnc2C)nc(CC)n1. The lowest BCUT2D eigenvalue weighted by atomic mass is 10.3. The van der Waals surface area contributed by atoms with E-state index in [1.807, 2.05) is 18.5 Å². The molecule has 0 aliphatic carbocycles. The van der Waals surface area contributed by atoms with Crippen molar-refractivity contribution in [2.45, 2.75) is 40.2 Å². The van der Waals surface area contributed by atoms with Gasteiger partial charge in [0.2, 0.25) is 0 Å². The average Bonchev–Trinajstić information content (AvgIpc) is 2.90. The fraction of sp³-hybridized carbons (Fsp3) is 0.533. The number of anilines is 2. The van der Waals surface area contributed by atoms with Gasteiger partial charge in [0, 0.05) is 31.0 Å². The second-order valence-electron chi connectivity index (χ2n) is 5.02. The maximum absolute atomic E-state index is 4.63. The summed E-state index contributed by atoms with van der Waals surface area (Å²) in [5.41, 5.74) is 2.99. The molecule has 2 heterocycles. The predicted octanol–water partition coefficient (Wildman–Crippen LogP) is 3.26. The lowest BCUT2D eigenvalue weighted by molar-refractivity contribution is 0.857. The van der Waals surface area contributed by atoms with Gasteiger partial charge in [-0.2, -0.15) is 0 Å². The number of nitrogens with one attached hydrogen (secondary N) is 1. The van der Waals surface area contributed by atoms with E-state index in [-0.39, 0.29) is 0 Å². The molecule has 114 valence electrons. The molecule has 6 heteroatoms. The van der Waals surface area contributed by atoms with Crippen LogP contribution in [0, 0.1) is 6.92 Å². The van der Waals surface area contributed by atoms with Crippen LogP contribution in [0.5, 0.6) is 0 Å². The summed E-state index contributed by atoms with van der Waals surface area (Å²) >= 11 is 1.69. The highest BCUT2D eigenvalue weighted by Crippen LogP contribution is 2.20. The molecule has 21 heavy (non-hydrogen) atoms. The van der Waals surface area contributed by atoms with Crippen molar-refractivity contribution >= 4 is 23.0 Å². The van der Waals surface area contributed by atoms with E-state index in [1.54, 1.807) is 11.3 Å². The van der Waals surface area contributed by atoms with Crippen molar-refractivity contribution < 1.29 is 0 Å². The van der Waals surface area contributed by atoms with E-state index >= 15 is 0 Å². The largest absolute Gasteiger partial charge is 0.370 e. The van der Waals surface area contributed by atoms with E-state index in [0.29, 0.717) is 0 Å². The van der Waals surface area contributed by atoms with Gasteiger partial charge in [0.15, 0.2) is 0 Å². The highest BCUT2D eigenvalue weighted by molar-refractivity contribution is 7.09. The van der Waals surface area contributed by atoms with Crippen molar-refractivity contribution in [3.8, 4) is 0 Å². The second kappa shape index (κ2) is 7.36. The molecule has 0 atom stereocenters. The average molecular weight is 305 g/mol. The molecule has 0 spiro atoms. The van der Waals surface area contributed by atoms with Crippen LogP contribution in [0.25, 0.3) is 0 Å². The van der Waals surface area contributed by atoms with Crippen molar-refractivity contribution in [3.63, 3.8) is 0 Å². The van der Waals surface area contributed by atoms with Crippen LogP contribution >= 0.6 is 11.3 Å². The quantitative estimate of drug-likeness (QED) is 0.851. The van der Waals surface area contributed by atoms with Crippen LogP contribution in [0.3, 0.4) is 0 Å².